The Hall–Kier alpha value is -2.99. The number of pyridine rings is 1. The Morgan fingerprint density at radius 2 is 1.89 bits per heavy atom. The van der Waals surface area contributed by atoms with Gasteiger partial charge in [0.1, 0.15) is 11.6 Å². The molecule has 27 heavy (non-hydrogen) atoms. The summed E-state index contributed by atoms with van der Waals surface area (Å²) in [6, 6.07) is 20.4. The van der Waals surface area contributed by atoms with Crippen LogP contribution in [0.15, 0.2) is 65.6 Å². The molecule has 136 valence electrons. The zero-order valence-electron chi connectivity index (χ0n) is 15.3. The molecular formula is C21H21N5S. The van der Waals surface area contributed by atoms with Crippen LogP contribution in [-0.2, 0) is 6.42 Å². The van der Waals surface area contributed by atoms with Crippen LogP contribution in [0.4, 0.5) is 11.6 Å². The average molecular weight is 376 g/mol. The predicted octanol–water partition coefficient (Wildman–Crippen LogP) is 4.99. The smallest absolute Gasteiger partial charge is 0.140 e. The molecule has 0 aliphatic heterocycles. The van der Waals surface area contributed by atoms with E-state index >= 15 is 0 Å². The van der Waals surface area contributed by atoms with Crippen molar-refractivity contribution in [2.45, 2.75) is 25.2 Å². The Bertz CT molecular complexity index is 1090. The van der Waals surface area contributed by atoms with Gasteiger partial charge in [-0.2, -0.15) is 5.10 Å². The summed E-state index contributed by atoms with van der Waals surface area (Å²) in [6.45, 7) is 4.15. The Morgan fingerprint density at radius 3 is 2.67 bits per heavy atom. The summed E-state index contributed by atoms with van der Waals surface area (Å²) in [7, 11) is 0. The monoisotopic (exact) mass is 375 g/mol. The first-order chi connectivity index (χ1) is 13.1. The molecule has 3 N–H and O–H groups in total. The summed E-state index contributed by atoms with van der Waals surface area (Å²) in [6.07, 6.45) is 1.05. The number of hydrogen-bond donors (Lipinski definition) is 2. The van der Waals surface area contributed by atoms with E-state index in [-0.39, 0.29) is 0 Å². The number of nitrogens with one attached hydrogen (secondary N) is 1. The predicted molar refractivity (Wildman–Crippen MR) is 113 cm³/mol. The second kappa shape index (κ2) is 7.32. The van der Waals surface area contributed by atoms with E-state index in [2.05, 4.69) is 46.0 Å². The Morgan fingerprint density at radius 1 is 1.07 bits per heavy atom. The second-order valence-electron chi connectivity index (χ2n) is 6.36. The average Bonchev–Trinajstić information content (AvgIpc) is 3.06. The van der Waals surface area contributed by atoms with Crippen molar-refractivity contribution in [3.05, 3.63) is 71.9 Å². The summed E-state index contributed by atoms with van der Waals surface area (Å²) >= 11 is 1.58. The van der Waals surface area contributed by atoms with Crippen LogP contribution in [0.25, 0.3) is 16.6 Å². The maximum Gasteiger partial charge on any atom is 0.140 e. The number of anilines is 2. The maximum atomic E-state index is 5.83. The van der Waals surface area contributed by atoms with Crippen molar-refractivity contribution in [3.63, 3.8) is 0 Å². The standard InChI is InChI=1S/C21H21N5S/c1-3-15-7-9-16(10-8-15)27-25-21-13-14(2)24-26(21)19-6-4-5-18-17(19)11-12-20(22)23-18/h4-13,25H,3H2,1-2H3,(H2,22,23). The molecule has 0 bridgehead atoms. The van der Waals surface area contributed by atoms with Gasteiger partial charge in [-0.25, -0.2) is 9.67 Å². The fourth-order valence-electron chi connectivity index (χ4n) is 3.00. The third-order valence-electron chi connectivity index (χ3n) is 4.40. The Labute approximate surface area is 162 Å². The molecular weight excluding hydrogens is 354 g/mol. The molecule has 2 heterocycles. The van der Waals surface area contributed by atoms with Crippen molar-refractivity contribution in [2.24, 2.45) is 0 Å². The van der Waals surface area contributed by atoms with E-state index in [1.54, 1.807) is 11.9 Å². The van der Waals surface area contributed by atoms with Crippen LogP contribution in [0.2, 0.25) is 0 Å². The van der Waals surface area contributed by atoms with Gasteiger partial charge >= 0.3 is 0 Å². The van der Waals surface area contributed by atoms with E-state index in [9.17, 15) is 0 Å². The van der Waals surface area contributed by atoms with E-state index in [4.69, 9.17) is 5.73 Å². The van der Waals surface area contributed by atoms with Gasteiger partial charge in [0.05, 0.1) is 16.9 Å². The van der Waals surface area contributed by atoms with Crippen molar-refractivity contribution in [1.82, 2.24) is 14.8 Å². The first-order valence-corrected chi connectivity index (χ1v) is 9.70. The highest BCUT2D eigenvalue weighted by molar-refractivity contribution is 8.00. The number of aromatic nitrogens is 3. The lowest BCUT2D eigenvalue weighted by atomic mass is 10.2. The Balaban J connectivity index is 1.67. The van der Waals surface area contributed by atoms with Crippen molar-refractivity contribution >= 4 is 34.5 Å². The summed E-state index contributed by atoms with van der Waals surface area (Å²) < 4.78 is 5.35. The third-order valence-corrected chi connectivity index (χ3v) is 5.21. The highest BCUT2D eigenvalue weighted by Crippen LogP contribution is 2.28. The van der Waals surface area contributed by atoms with Gasteiger partial charge in [0.15, 0.2) is 0 Å². The van der Waals surface area contributed by atoms with Crippen molar-refractivity contribution in [3.8, 4) is 5.69 Å². The normalized spacial score (nSPS) is 11.0. The largest absolute Gasteiger partial charge is 0.384 e. The molecule has 0 amide bonds. The number of nitrogens with zero attached hydrogens (tertiary/aromatic N) is 3. The molecule has 0 saturated heterocycles. The number of fused-ring (bicyclic) bond motifs is 1. The van der Waals surface area contributed by atoms with Gasteiger partial charge in [-0.3, -0.25) is 0 Å². The van der Waals surface area contributed by atoms with Gasteiger partial charge in [-0.1, -0.05) is 25.1 Å². The number of aryl methyl sites for hydroxylation is 2. The fourth-order valence-corrected chi connectivity index (χ4v) is 3.64. The van der Waals surface area contributed by atoms with Crippen LogP contribution in [-0.4, -0.2) is 14.8 Å². The Kier molecular flexibility index (Phi) is 4.73. The summed E-state index contributed by atoms with van der Waals surface area (Å²) in [5.74, 6) is 1.43. The molecule has 4 rings (SSSR count). The highest BCUT2D eigenvalue weighted by atomic mass is 32.2. The fraction of sp³-hybridized carbons (Fsp3) is 0.143. The minimum absolute atomic E-state index is 0.515. The van der Waals surface area contributed by atoms with Crippen LogP contribution in [0.5, 0.6) is 0 Å². The van der Waals surface area contributed by atoms with E-state index in [1.807, 2.05) is 48.0 Å². The molecule has 0 fully saturated rings. The van der Waals surface area contributed by atoms with Gasteiger partial charge in [-0.05, 0) is 67.3 Å². The lowest BCUT2D eigenvalue weighted by Gasteiger charge is -2.12. The topological polar surface area (TPSA) is 68.8 Å². The quantitative estimate of drug-likeness (QED) is 0.481. The minimum Gasteiger partial charge on any atom is -0.384 e. The van der Waals surface area contributed by atoms with Gasteiger partial charge < -0.3 is 10.5 Å². The number of hydrogen-bond acceptors (Lipinski definition) is 5. The van der Waals surface area contributed by atoms with Crippen LogP contribution < -0.4 is 10.5 Å². The summed E-state index contributed by atoms with van der Waals surface area (Å²) in [4.78, 5) is 5.58. The van der Waals surface area contributed by atoms with E-state index in [1.165, 1.54) is 5.56 Å². The van der Waals surface area contributed by atoms with E-state index < -0.39 is 0 Å². The molecule has 0 atom stereocenters. The van der Waals surface area contributed by atoms with Crippen molar-refractivity contribution in [1.29, 1.82) is 0 Å². The number of rotatable bonds is 5. The first-order valence-electron chi connectivity index (χ1n) is 8.88. The lowest BCUT2D eigenvalue weighted by molar-refractivity contribution is 0.878. The zero-order chi connectivity index (χ0) is 18.8. The van der Waals surface area contributed by atoms with Gasteiger partial charge in [0.25, 0.3) is 0 Å². The first kappa shape index (κ1) is 17.4. The lowest BCUT2D eigenvalue weighted by Crippen LogP contribution is -2.03. The molecule has 0 saturated carbocycles. The molecule has 4 aromatic rings. The van der Waals surface area contributed by atoms with Crippen molar-refractivity contribution in [2.75, 3.05) is 10.5 Å². The second-order valence-corrected chi connectivity index (χ2v) is 7.24. The SMILES string of the molecule is CCc1ccc(SNc2cc(C)nn2-c2cccc3nc(N)ccc23)cc1. The summed E-state index contributed by atoms with van der Waals surface area (Å²) in [5, 5.41) is 5.68. The van der Waals surface area contributed by atoms with Crippen LogP contribution in [0.1, 0.15) is 18.2 Å². The van der Waals surface area contributed by atoms with Crippen LogP contribution in [0.3, 0.4) is 0 Å². The number of nitrogens with two attached hydrogens (primary N) is 1. The molecule has 5 nitrogen and oxygen atoms in total. The van der Waals surface area contributed by atoms with Gasteiger partial charge in [-0.15, -0.1) is 0 Å². The molecule has 2 aromatic heterocycles. The van der Waals surface area contributed by atoms with E-state index in [0.717, 1.165) is 39.4 Å². The molecule has 6 heteroatoms. The molecule has 0 radical (unpaired) electrons. The summed E-state index contributed by atoms with van der Waals surface area (Å²) in [5.41, 5.74) is 9.94. The molecule has 0 aliphatic rings. The van der Waals surface area contributed by atoms with Crippen molar-refractivity contribution < 1.29 is 0 Å². The number of nitrogen functional groups attached to an aromatic ring is 1. The van der Waals surface area contributed by atoms with Gasteiger partial charge in [0, 0.05) is 16.3 Å². The third kappa shape index (κ3) is 3.61. The number of benzene rings is 2. The maximum absolute atomic E-state index is 5.83. The molecule has 0 aliphatic carbocycles. The van der Waals surface area contributed by atoms with Gasteiger partial charge in [0.2, 0.25) is 0 Å². The van der Waals surface area contributed by atoms with E-state index in [0.29, 0.717) is 5.82 Å². The van der Waals surface area contributed by atoms with Crippen LogP contribution >= 0.6 is 11.9 Å². The minimum atomic E-state index is 0.515. The highest BCUT2D eigenvalue weighted by Gasteiger charge is 2.11. The molecule has 0 spiro atoms. The molecule has 0 unspecified atom stereocenters. The van der Waals surface area contributed by atoms with Crippen LogP contribution in [0, 0.1) is 6.92 Å². The molecule has 2 aromatic carbocycles. The zero-order valence-corrected chi connectivity index (χ0v) is 16.1.